The number of nitrogens with two attached hydrogens (primary N) is 1. The van der Waals surface area contributed by atoms with Crippen LogP contribution < -0.4 is 10.6 Å². The van der Waals surface area contributed by atoms with E-state index >= 15 is 0 Å². The maximum atomic E-state index is 11.6. The molecule has 1 fully saturated rings. The van der Waals surface area contributed by atoms with Crippen LogP contribution in [0.15, 0.2) is 0 Å². The van der Waals surface area contributed by atoms with Crippen LogP contribution in [-0.2, 0) is 18.3 Å². The van der Waals surface area contributed by atoms with E-state index in [0.29, 0.717) is 18.9 Å². The molecule has 0 aromatic carbocycles. The first-order valence-corrected chi connectivity index (χ1v) is 5.07. The molecule has 0 spiro atoms. The van der Waals surface area contributed by atoms with Crippen LogP contribution in [-0.4, -0.2) is 33.3 Å². The summed E-state index contributed by atoms with van der Waals surface area (Å²) in [5.41, 5.74) is 5.71. The quantitative estimate of drug-likeness (QED) is 0.708. The zero-order valence-corrected chi connectivity index (χ0v) is 8.97. The number of carbonyl (C=O) groups excluding carboxylic acids is 1. The van der Waals surface area contributed by atoms with Crippen LogP contribution in [0.4, 0.5) is 5.95 Å². The van der Waals surface area contributed by atoms with Gasteiger partial charge in [0.25, 0.3) is 5.95 Å². The van der Waals surface area contributed by atoms with E-state index < -0.39 is 0 Å². The Kier molecular flexibility index (Phi) is 2.44. The Morgan fingerprint density at radius 3 is 2.80 bits per heavy atom. The smallest absolute Gasteiger partial charge is 0.251 e. The summed E-state index contributed by atoms with van der Waals surface area (Å²) < 4.78 is 1.70. The van der Waals surface area contributed by atoms with E-state index in [-0.39, 0.29) is 11.9 Å². The summed E-state index contributed by atoms with van der Waals surface area (Å²) in [7, 11) is 1.83. The van der Waals surface area contributed by atoms with Crippen molar-refractivity contribution in [3.05, 3.63) is 5.82 Å². The molecular weight excluding hydrogens is 194 g/mol. The van der Waals surface area contributed by atoms with Crippen LogP contribution in [0.1, 0.15) is 19.2 Å². The number of aryl methyl sites for hydroxylation is 2. The molecule has 1 amide bonds. The minimum Gasteiger partial charge on any atom is -0.326 e. The summed E-state index contributed by atoms with van der Waals surface area (Å²) in [6.45, 7) is 2.53. The average molecular weight is 209 g/mol. The molecule has 0 bridgehead atoms. The Labute approximate surface area is 88.1 Å². The van der Waals surface area contributed by atoms with Gasteiger partial charge in [-0.25, -0.2) is 0 Å². The molecule has 1 aliphatic rings. The highest BCUT2D eigenvalue weighted by atomic mass is 16.2. The van der Waals surface area contributed by atoms with Crippen molar-refractivity contribution < 1.29 is 4.79 Å². The second-order valence-corrected chi connectivity index (χ2v) is 3.77. The fourth-order valence-corrected chi connectivity index (χ4v) is 1.75. The maximum absolute atomic E-state index is 11.6. The van der Waals surface area contributed by atoms with Crippen molar-refractivity contribution in [3.63, 3.8) is 0 Å². The van der Waals surface area contributed by atoms with E-state index in [9.17, 15) is 4.79 Å². The molecule has 1 unspecified atom stereocenters. The van der Waals surface area contributed by atoms with Gasteiger partial charge >= 0.3 is 0 Å². The van der Waals surface area contributed by atoms with E-state index in [4.69, 9.17) is 5.73 Å². The summed E-state index contributed by atoms with van der Waals surface area (Å²) in [4.78, 5) is 17.4. The number of amides is 1. The summed E-state index contributed by atoms with van der Waals surface area (Å²) in [5.74, 6) is 1.36. The third kappa shape index (κ3) is 1.72. The van der Waals surface area contributed by atoms with Crippen molar-refractivity contribution in [2.45, 2.75) is 25.8 Å². The van der Waals surface area contributed by atoms with Crippen LogP contribution in [0.3, 0.4) is 0 Å². The van der Waals surface area contributed by atoms with Crippen molar-refractivity contribution in [1.82, 2.24) is 14.8 Å². The Morgan fingerprint density at radius 2 is 2.33 bits per heavy atom. The predicted octanol–water partition coefficient (Wildman–Crippen LogP) is -0.558. The van der Waals surface area contributed by atoms with Gasteiger partial charge in [-0.3, -0.25) is 14.4 Å². The molecule has 82 valence electrons. The SMILES string of the molecule is CCc1nc(N2CC(N)CC2=O)nn1C. The van der Waals surface area contributed by atoms with Crippen molar-refractivity contribution >= 4 is 11.9 Å². The summed E-state index contributed by atoms with van der Waals surface area (Å²) in [6.07, 6.45) is 1.19. The number of carbonyl (C=O) groups is 1. The van der Waals surface area contributed by atoms with Crippen LogP contribution in [0.5, 0.6) is 0 Å². The van der Waals surface area contributed by atoms with Gasteiger partial charge in [0.05, 0.1) is 0 Å². The van der Waals surface area contributed by atoms with E-state index in [1.54, 1.807) is 9.58 Å². The molecule has 2 heterocycles. The summed E-state index contributed by atoms with van der Waals surface area (Å²) >= 11 is 0. The number of aromatic nitrogens is 3. The lowest BCUT2D eigenvalue weighted by Gasteiger charge is -2.09. The van der Waals surface area contributed by atoms with E-state index in [1.807, 2.05) is 14.0 Å². The fraction of sp³-hybridized carbons (Fsp3) is 0.667. The second-order valence-electron chi connectivity index (χ2n) is 3.77. The Morgan fingerprint density at radius 1 is 1.60 bits per heavy atom. The lowest BCUT2D eigenvalue weighted by molar-refractivity contribution is -0.117. The van der Waals surface area contributed by atoms with Crippen LogP contribution in [0, 0.1) is 0 Å². The highest BCUT2D eigenvalue weighted by molar-refractivity contribution is 5.94. The van der Waals surface area contributed by atoms with Gasteiger partial charge in [0.15, 0.2) is 0 Å². The molecule has 1 aromatic rings. The Bertz CT molecular complexity index is 386. The predicted molar refractivity (Wildman–Crippen MR) is 55.3 cm³/mol. The fourth-order valence-electron chi connectivity index (χ4n) is 1.75. The minimum absolute atomic E-state index is 0.00996. The zero-order chi connectivity index (χ0) is 11.0. The van der Waals surface area contributed by atoms with Gasteiger partial charge in [-0.2, -0.15) is 4.98 Å². The Balaban J connectivity index is 2.26. The van der Waals surface area contributed by atoms with Gasteiger partial charge < -0.3 is 5.73 Å². The van der Waals surface area contributed by atoms with Crippen molar-refractivity contribution in [2.75, 3.05) is 11.4 Å². The highest BCUT2D eigenvalue weighted by Gasteiger charge is 2.30. The van der Waals surface area contributed by atoms with Crippen LogP contribution in [0.25, 0.3) is 0 Å². The van der Waals surface area contributed by atoms with Gasteiger partial charge in [-0.1, -0.05) is 6.92 Å². The molecule has 1 aliphatic heterocycles. The highest BCUT2D eigenvalue weighted by Crippen LogP contribution is 2.17. The molecule has 0 saturated carbocycles. The van der Waals surface area contributed by atoms with Crippen LogP contribution in [0.2, 0.25) is 0 Å². The van der Waals surface area contributed by atoms with Gasteiger partial charge in [-0.05, 0) is 0 Å². The van der Waals surface area contributed by atoms with E-state index in [1.165, 1.54) is 0 Å². The molecule has 6 heteroatoms. The van der Waals surface area contributed by atoms with Gasteiger partial charge in [0, 0.05) is 32.5 Å². The molecule has 2 rings (SSSR count). The largest absolute Gasteiger partial charge is 0.326 e. The number of hydrogen-bond donors (Lipinski definition) is 1. The van der Waals surface area contributed by atoms with E-state index in [2.05, 4.69) is 10.1 Å². The topological polar surface area (TPSA) is 77.0 Å². The summed E-state index contributed by atoms with van der Waals surface area (Å²) in [5, 5.41) is 4.20. The van der Waals surface area contributed by atoms with Gasteiger partial charge in [0.2, 0.25) is 5.91 Å². The monoisotopic (exact) mass is 209 g/mol. The van der Waals surface area contributed by atoms with Crippen molar-refractivity contribution in [3.8, 4) is 0 Å². The lowest BCUT2D eigenvalue weighted by Crippen LogP contribution is -2.28. The average Bonchev–Trinajstić information content (AvgIpc) is 2.69. The van der Waals surface area contributed by atoms with Crippen molar-refractivity contribution in [1.29, 1.82) is 0 Å². The molecule has 1 saturated heterocycles. The Hall–Kier alpha value is -1.43. The van der Waals surface area contributed by atoms with Gasteiger partial charge in [-0.15, -0.1) is 5.10 Å². The maximum Gasteiger partial charge on any atom is 0.251 e. The first kappa shape index (κ1) is 10.1. The summed E-state index contributed by atoms with van der Waals surface area (Å²) in [6, 6.07) is -0.0913. The molecule has 2 N–H and O–H groups in total. The molecule has 0 radical (unpaired) electrons. The standard InChI is InChI=1S/C9H15N5O/c1-3-7-11-9(12-13(7)2)14-5-6(10)4-8(14)15/h6H,3-5,10H2,1-2H3. The number of nitrogens with zero attached hydrogens (tertiary/aromatic N) is 4. The first-order chi connectivity index (χ1) is 7.11. The number of anilines is 1. The number of hydrogen-bond acceptors (Lipinski definition) is 4. The molecule has 0 aliphatic carbocycles. The third-order valence-electron chi connectivity index (χ3n) is 2.55. The molecule has 1 atom stereocenters. The van der Waals surface area contributed by atoms with Crippen molar-refractivity contribution in [2.24, 2.45) is 12.8 Å². The minimum atomic E-state index is -0.0913. The van der Waals surface area contributed by atoms with Gasteiger partial charge in [0.1, 0.15) is 5.82 Å². The zero-order valence-electron chi connectivity index (χ0n) is 8.97. The molecule has 15 heavy (non-hydrogen) atoms. The molecule has 1 aromatic heterocycles. The second kappa shape index (κ2) is 3.62. The molecular formula is C9H15N5O. The lowest BCUT2D eigenvalue weighted by atomic mass is 10.3. The molecule has 6 nitrogen and oxygen atoms in total. The normalized spacial score (nSPS) is 21.4. The first-order valence-electron chi connectivity index (χ1n) is 5.07. The third-order valence-corrected chi connectivity index (χ3v) is 2.55. The van der Waals surface area contributed by atoms with Crippen LogP contribution >= 0.6 is 0 Å². The van der Waals surface area contributed by atoms with E-state index in [0.717, 1.165) is 12.2 Å². The number of rotatable bonds is 2.